The Bertz CT molecular complexity index is 236. The predicted octanol–water partition coefficient (Wildman–Crippen LogP) is 4.12. The van der Waals surface area contributed by atoms with Crippen LogP contribution in [0.2, 0.25) is 0 Å². The lowest BCUT2D eigenvalue weighted by Crippen LogP contribution is -2.31. The Kier molecular flexibility index (Phi) is 7.46. The molecule has 0 aromatic rings. The van der Waals surface area contributed by atoms with Crippen molar-refractivity contribution >= 4 is 0 Å². The molecule has 0 aliphatic carbocycles. The molecule has 17 heavy (non-hydrogen) atoms. The number of unbranched alkanes of at least 4 members (excludes halogenated alkanes) is 2. The molecule has 0 amide bonds. The first-order valence-corrected chi connectivity index (χ1v) is 6.95. The third-order valence-corrected chi connectivity index (χ3v) is 3.29. The molecule has 0 saturated carbocycles. The van der Waals surface area contributed by atoms with Crippen molar-refractivity contribution < 1.29 is 0 Å². The van der Waals surface area contributed by atoms with E-state index >= 15 is 0 Å². The summed E-state index contributed by atoms with van der Waals surface area (Å²) in [6.07, 6.45) is 6.17. The molecule has 0 atom stereocenters. The smallest absolute Gasteiger partial charge is 0.0684 e. The first-order chi connectivity index (χ1) is 7.83. The molecule has 0 aliphatic heterocycles. The standard InChI is InChI=1S/C15H30N2/c1-6-7-8-9-15(4,5)13-17-11-10-14(2,3)12-16/h17H,6-11,13H2,1-5H3. The lowest BCUT2D eigenvalue weighted by Gasteiger charge is -2.26. The van der Waals surface area contributed by atoms with Crippen LogP contribution >= 0.6 is 0 Å². The van der Waals surface area contributed by atoms with Crippen LogP contribution in [0.5, 0.6) is 0 Å². The first-order valence-electron chi connectivity index (χ1n) is 6.95. The second kappa shape index (κ2) is 7.71. The summed E-state index contributed by atoms with van der Waals surface area (Å²) in [6, 6.07) is 2.34. The molecule has 1 N–H and O–H groups in total. The molecule has 0 fully saturated rings. The molecular weight excluding hydrogens is 208 g/mol. The number of hydrogen-bond donors (Lipinski definition) is 1. The highest BCUT2D eigenvalue weighted by Gasteiger charge is 2.19. The Morgan fingerprint density at radius 3 is 2.24 bits per heavy atom. The summed E-state index contributed by atoms with van der Waals surface area (Å²) < 4.78 is 0. The fraction of sp³-hybridized carbons (Fsp3) is 0.933. The van der Waals surface area contributed by atoms with Crippen LogP contribution in [0.25, 0.3) is 0 Å². The van der Waals surface area contributed by atoms with E-state index in [9.17, 15) is 0 Å². The third kappa shape index (κ3) is 9.18. The Morgan fingerprint density at radius 1 is 1.06 bits per heavy atom. The van der Waals surface area contributed by atoms with E-state index in [-0.39, 0.29) is 5.41 Å². The lowest BCUT2D eigenvalue weighted by molar-refractivity contribution is 0.295. The van der Waals surface area contributed by atoms with Crippen molar-refractivity contribution in [3.05, 3.63) is 0 Å². The van der Waals surface area contributed by atoms with Crippen molar-refractivity contribution in [3.63, 3.8) is 0 Å². The van der Waals surface area contributed by atoms with Gasteiger partial charge in [-0.2, -0.15) is 5.26 Å². The van der Waals surface area contributed by atoms with Gasteiger partial charge in [-0.05, 0) is 38.6 Å². The van der Waals surface area contributed by atoms with Gasteiger partial charge in [-0.3, -0.25) is 0 Å². The van der Waals surface area contributed by atoms with E-state index in [2.05, 4.69) is 32.2 Å². The maximum atomic E-state index is 8.92. The molecule has 100 valence electrons. The lowest BCUT2D eigenvalue weighted by atomic mass is 9.86. The van der Waals surface area contributed by atoms with Crippen LogP contribution in [-0.2, 0) is 0 Å². The first kappa shape index (κ1) is 16.4. The molecule has 0 unspecified atom stereocenters. The molecule has 0 rings (SSSR count). The normalized spacial score (nSPS) is 12.5. The van der Waals surface area contributed by atoms with E-state index < -0.39 is 0 Å². The average Bonchev–Trinajstić information content (AvgIpc) is 2.25. The van der Waals surface area contributed by atoms with Crippen molar-refractivity contribution in [1.29, 1.82) is 5.26 Å². The maximum Gasteiger partial charge on any atom is 0.0684 e. The zero-order valence-electron chi connectivity index (χ0n) is 12.4. The second-order valence-electron chi connectivity index (χ2n) is 6.54. The van der Waals surface area contributed by atoms with Gasteiger partial charge in [-0.1, -0.05) is 40.0 Å². The number of nitriles is 1. The number of rotatable bonds is 9. The van der Waals surface area contributed by atoms with Crippen molar-refractivity contribution in [2.24, 2.45) is 10.8 Å². The highest BCUT2D eigenvalue weighted by molar-refractivity contribution is 4.91. The highest BCUT2D eigenvalue weighted by Crippen LogP contribution is 2.23. The second-order valence-corrected chi connectivity index (χ2v) is 6.54. The predicted molar refractivity (Wildman–Crippen MR) is 74.8 cm³/mol. The molecule has 0 aliphatic rings. The van der Waals surface area contributed by atoms with Crippen molar-refractivity contribution in [3.8, 4) is 6.07 Å². The molecule has 2 heteroatoms. The van der Waals surface area contributed by atoms with E-state index in [1.165, 1.54) is 25.7 Å². The SMILES string of the molecule is CCCCCC(C)(C)CNCCC(C)(C)C#N. The van der Waals surface area contributed by atoms with Crippen LogP contribution in [0, 0.1) is 22.2 Å². The van der Waals surface area contributed by atoms with E-state index in [0.29, 0.717) is 5.41 Å². The van der Waals surface area contributed by atoms with E-state index in [0.717, 1.165) is 19.5 Å². The summed E-state index contributed by atoms with van der Waals surface area (Å²) in [4.78, 5) is 0. The minimum Gasteiger partial charge on any atom is -0.316 e. The average molecular weight is 238 g/mol. The molecule has 0 radical (unpaired) electrons. The van der Waals surface area contributed by atoms with Gasteiger partial charge in [0.2, 0.25) is 0 Å². The van der Waals surface area contributed by atoms with Gasteiger partial charge < -0.3 is 5.32 Å². The summed E-state index contributed by atoms with van der Waals surface area (Å²) in [5.74, 6) is 0. The summed E-state index contributed by atoms with van der Waals surface area (Å²) in [5, 5.41) is 12.4. The molecule has 2 nitrogen and oxygen atoms in total. The molecule has 0 spiro atoms. The fourth-order valence-electron chi connectivity index (χ4n) is 1.83. The van der Waals surface area contributed by atoms with Crippen molar-refractivity contribution in [1.82, 2.24) is 5.32 Å². The monoisotopic (exact) mass is 238 g/mol. The van der Waals surface area contributed by atoms with Gasteiger partial charge in [-0.15, -0.1) is 0 Å². The Morgan fingerprint density at radius 2 is 1.71 bits per heavy atom. The van der Waals surface area contributed by atoms with Crippen LogP contribution in [0.4, 0.5) is 0 Å². The van der Waals surface area contributed by atoms with E-state index in [1.54, 1.807) is 0 Å². The Balaban J connectivity index is 3.69. The molecule has 0 bridgehead atoms. The van der Waals surface area contributed by atoms with E-state index in [1.807, 2.05) is 13.8 Å². The van der Waals surface area contributed by atoms with Crippen LogP contribution in [0.3, 0.4) is 0 Å². The zero-order valence-corrected chi connectivity index (χ0v) is 12.4. The largest absolute Gasteiger partial charge is 0.316 e. The van der Waals surface area contributed by atoms with Crippen LogP contribution in [0.15, 0.2) is 0 Å². The van der Waals surface area contributed by atoms with Gasteiger partial charge in [0.25, 0.3) is 0 Å². The minimum atomic E-state index is -0.195. The van der Waals surface area contributed by atoms with Crippen molar-refractivity contribution in [2.75, 3.05) is 13.1 Å². The summed E-state index contributed by atoms with van der Waals surface area (Å²) in [5.41, 5.74) is 0.186. The third-order valence-electron chi connectivity index (χ3n) is 3.29. The summed E-state index contributed by atoms with van der Waals surface area (Å²) >= 11 is 0. The minimum absolute atomic E-state index is 0.195. The Labute approximate surface area is 108 Å². The van der Waals surface area contributed by atoms with Gasteiger partial charge >= 0.3 is 0 Å². The molecule has 0 aromatic carbocycles. The number of nitrogens with zero attached hydrogens (tertiary/aromatic N) is 1. The summed E-state index contributed by atoms with van der Waals surface area (Å²) in [7, 11) is 0. The fourth-order valence-corrected chi connectivity index (χ4v) is 1.83. The van der Waals surface area contributed by atoms with Crippen LogP contribution in [-0.4, -0.2) is 13.1 Å². The number of nitrogens with one attached hydrogen (secondary N) is 1. The molecular formula is C15H30N2. The molecule has 0 saturated heterocycles. The van der Waals surface area contributed by atoms with Gasteiger partial charge in [0, 0.05) is 6.54 Å². The summed E-state index contributed by atoms with van der Waals surface area (Å²) in [6.45, 7) is 12.9. The zero-order chi connectivity index (χ0) is 13.4. The van der Waals surface area contributed by atoms with Gasteiger partial charge in [0.1, 0.15) is 0 Å². The van der Waals surface area contributed by atoms with Crippen LogP contribution < -0.4 is 5.32 Å². The highest BCUT2D eigenvalue weighted by atomic mass is 14.9. The molecule has 0 heterocycles. The Hall–Kier alpha value is -0.550. The van der Waals surface area contributed by atoms with Gasteiger partial charge in [0.15, 0.2) is 0 Å². The topological polar surface area (TPSA) is 35.8 Å². The maximum absolute atomic E-state index is 8.92. The van der Waals surface area contributed by atoms with E-state index in [4.69, 9.17) is 5.26 Å². The van der Waals surface area contributed by atoms with Gasteiger partial charge in [0.05, 0.1) is 11.5 Å². The van der Waals surface area contributed by atoms with Gasteiger partial charge in [-0.25, -0.2) is 0 Å². The van der Waals surface area contributed by atoms with Crippen LogP contribution in [0.1, 0.15) is 66.7 Å². The van der Waals surface area contributed by atoms with Crippen molar-refractivity contribution in [2.45, 2.75) is 66.7 Å². The number of hydrogen-bond acceptors (Lipinski definition) is 2. The quantitative estimate of drug-likeness (QED) is 0.613. The molecule has 0 aromatic heterocycles.